The Hall–Kier alpha value is -2.68. The van der Waals surface area contributed by atoms with Gasteiger partial charge in [0.2, 0.25) is 5.71 Å². The number of benzene rings is 1. The second-order valence-corrected chi connectivity index (χ2v) is 5.74. The molecule has 0 N–H and O–H groups in total. The second kappa shape index (κ2) is 4.95. The quantitative estimate of drug-likeness (QED) is 0.511. The normalized spacial score (nSPS) is 11.6. The lowest BCUT2D eigenvalue weighted by Crippen LogP contribution is -1.90. The Labute approximate surface area is 128 Å². The van der Waals surface area contributed by atoms with E-state index in [9.17, 15) is 0 Å². The van der Waals surface area contributed by atoms with E-state index < -0.39 is 0 Å². The van der Waals surface area contributed by atoms with E-state index in [1.807, 2.05) is 30.3 Å². The summed E-state index contributed by atoms with van der Waals surface area (Å²) in [7, 11) is 0. The van der Waals surface area contributed by atoms with Gasteiger partial charge in [0.15, 0.2) is 0 Å². The molecule has 0 radical (unpaired) electrons. The van der Waals surface area contributed by atoms with Crippen LogP contribution in [0.5, 0.6) is 0 Å². The molecule has 0 unspecified atom stereocenters. The van der Waals surface area contributed by atoms with Crippen molar-refractivity contribution in [3.8, 4) is 11.3 Å². The van der Waals surface area contributed by atoms with E-state index in [0.29, 0.717) is 11.6 Å². The third-order valence-corrected chi connectivity index (χ3v) is 3.92. The van der Waals surface area contributed by atoms with Gasteiger partial charge in [0.05, 0.1) is 5.69 Å². The van der Waals surface area contributed by atoms with Gasteiger partial charge in [-0.2, -0.15) is 0 Å². The van der Waals surface area contributed by atoms with Crippen LogP contribution in [0.2, 0.25) is 0 Å². The lowest BCUT2D eigenvalue weighted by Gasteiger charge is -2.02. The van der Waals surface area contributed by atoms with Gasteiger partial charge >= 0.3 is 0 Å². The third-order valence-electron chi connectivity index (χ3n) is 3.92. The van der Waals surface area contributed by atoms with Crippen molar-refractivity contribution in [2.75, 3.05) is 0 Å². The van der Waals surface area contributed by atoms with Crippen LogP contribution in [0.4, 0.5) is 0 Å². The van der Waals surface area contributed by atoms with Crippen LogP contribution in [-0.2, 0) is 0 Å². The fraction of sp³-hybridized carbons (Fsp3) is 0.158. The summed E-state index contributed by atoms with van der Waals surface area (Å²) in [5.74, 6) is 0.382. The molecule has 0 saturated heterocycles. The summed E-state index contributed by atoms with van der Waals surface area (Å²) >= 11 is 0. The highest BCUT2D eigenvalue weighted by Gasteiger charge is 2.14. The van der Waals surface area contributed by atoms with Crippen molar-refractivity contribution in [2.45, 2.75) is 19.8 Å². The zero-order valence-corrected chi connectivity index (χ0v) is 12.6. The first-order valence-electron chi connectivity index (χ1n) is 7.47. The average molecular weight is 288 g/mol. The molecule has 1 aromatic carbocycles. The van der Waals surface area contributed by atoms with Crippen LogP contribution in [0, 0.1) is 0 Å². The summed E-state index contributed by atoms with van der Waals surface area (Å²) in [6, 6.07) is 16.2. The van der Waals surface area contributed by atoms with Crippen LogP contribution in [-0.4, -0.2) is 9.97 Å². The lowest BCUT2D eigenvalue weighted by molar-refractivity contribution is 0.648. The first kappa shape index (κ1) is 13.0. The Morgan fingerprint density at radius 3 is 2.59 bits per heavy atom. The van der Waals surface area contributed by atoms with Gasteiger partial charge in [-0.3, -0.25) is 4.98 Å². The van der Waals surface area contributed by atoms with Crippen molar-refractivity contribution in [2.24, 2.45) is 0 Å². The third kappa shape index (κ3) is 1.98. The van der Waals surface area contributed by atoms with Crippen molar-refractivity contribution >= 4 is 22.1 Å². The van der Waals surface area contributed by atoms with Gasteiger partial charge in [0.1, 0.15) is 5.58 Å². The molecule has 3 heteroatoms. The maximum Gasteiger partial charge on any atom is 0.227 e. The molecule has 4 rings (SSSR count). The highest BCUT2D eigenvalue weighted by Crippen LogP contribution is 2.34. The fourth-order valence-corrected chi connectivity index (χ4v) is 2.74. The molecule has 0 spiro atoms. The van der Waals surface area contributed by atoms with E-state index in [2.05, 4.69) is 42.0 Å². The molecular formula is C19H16N2O. The molecule has 0 fully saturated rings. The van der Waals surface area contributed by atoms with E-state index in [-0.39, 0.29) is 0 Å². The molecule has 22 heavy (non-hydrogen) atoms. The highest BCUT2D eigenvalue weighted by atomic mass is 16.3. The van der Waals surface area contributed by atoms with Gasteiger partial charge in [-0.1, -0.05) is 32.0 Å². The van der Waals surface area contributed by atoms with Crippen molar-refractivity contribution in [3.05, 3.63) is 60.4 Å². The largest absolute Gasteiger partial charge is 0.437 e. The minimum Gasteiger partial charge on any atom is -0.437 e. The average Bonchev–Trinajstić information content (AvgIpc) is 2.93. The number of para-hydroxylation sites is 1. The smallest absolute Gasteiger partial charge is 0.227 e. The second-order valence-electron chi connectivity index (χ2n) is 5.74. The Morgan fingerprint density at radius 2 is 1.82 bits per heavy atom. The van der Waals surface area contributed by atoms with Gasteiger partial charge in [-0.05, 0) is 36.2 Å². The summed E-state index contributed by atoms with van der Waals surface area (Å²) < 4.78 is 6.08. The summed E-state index contributed by atoms with van der Waals surface area (Å²) in [5.41, 5.74) is 4.51. The van der Waals surface area contributed by atoms with E-state index in [0.717, 1.165) is 33.3 Å². The monoisotopic (exact) mass is 288 g/mol. The Morgan fingerprint density at radius 1 is 0.909 bits per heavy atom. The molecular weight excluding hydrogens is 272 g/mol. The minimum atomic E-state index is 0.382. The first-order valence-corrected chi connectivity index (χ1v) is 7.47. The van der Waals surface area contributed by atoms with E-state index in [4.69, 9.17) is 4.42 Å². The zero-order valence-electron chi connectivity index (χ0n) is 12.6. The maximum atomic E-state index is 6.08. The highest BCUT2D eigenvalue weighted by molar-refractivity contribution is 6.08. The predicted octanol–water partition coefficient (Wildman–Crippen LogP) is 5.17. The van der Waals surface area contributed by atoms with Crippen LogP contribution in [0.15, 0.2) is 59.1 Å². The van der Waals surface area contributed by atoms with E-state index >= 15 is 0 Å². The van der Waals surface area contributed by atoms with Gasteiger partial charge < -0.3 is 4.42 Å². The molecule has 0 amide bonds. The number of hydrogen-bond acceptors (Lipinski definition) is 3. The number of aromatic nitrogens is 2. The summed E-state index contributed by atoms with van der Waals surface area (Å²) in [6.07, 6.45) is 1.80. The standard InChI is InChI=1S/C19H16N2O/c1-12(2)16-10-9-14-13-6-5-7-15(17-8-3-4-11-20-17)18(13)22-19(14)21-16/h3-12H,1-2H3. The maximum absolute atomic E-state index is 6.08. The van der Waals surface area contributed by atoms with Gasteiger partial charge in [-0.15, -0.1) is 0 Å². The number of rotatable bonds is 2. The molecule has 0 atom stereocenters. The molecule has 0 saturated carbocycles. The van der Waals surface area contributed by atoms with Crippen LogP contribution in [0.25, 0.3) is 33.3 Å². The SMILES string of the molecule is CC(C)c1ccc2c(n1)oc1c(-c3ccccn3)cccc12. The lowest BCUT2D eigenvalue weighted by atomic mass is 10.1. The van der Waals surface area contributed by atoms with Gasteiger partial charge in [0.25, 0.3) is 0 Å². The molecule has 0 bridgehead atoms. The van der Waals surface area contributed by atoms with Crippen LogP contribution >= 0.6 is 0 Å². The molecule has 0 aliphatic heterocycles. The van der Waals surface area contributed by atoms with Gasteiger partial charge in [0, 0.05) is 28.2 Å². The summed E-state index contributed by atoms with van der Waals surface area (Å²) in [4.78, 5) is 9.09. The predicted molar refractivity (Wildman–Crippen MR) is 88.8 cm³/mol. The summed E-state index contributed by atoms with van der Waals surface area (Å²) in [6.45, 7) is 4.27. The molecule has 3 heterocycles. The Balaban J connectivity index is 2.03. The molecule has 3 nitrogen and oxygen atoms in total. The van der Waals surface area contributed by atoms with Crippen molar-refractivity contribution in [1.82, 2.24) is 9.97 Å². The summed E-state index contributed by atoms with van der Waals surface area (Å²) in [5, 5.41) is 2.14. The molecule has 108 valence electrons. The first-order chi connectivity index (χ1) is 10.7. The van der Waals surface area contributed by atoms with E-state index in [1.165, 1.54) is 0 Å². The van der Waals surface area contributed by atoms with Crippen molar-refractivity contribution in [1.29, 1.82) is 0 Å². The molecule has 4 aromatic rings. The minimum absolute atomic E-state index is 0.382. The topological polar surface area (TPSA) is 38.9 Å². The van der Waals surface area contributed by atoms with Crippen molar-refractivity contribution in [3.63, 3.8) is 0 Å². The van der Waals surface area contributed by atoms with Crippen LogP contribution < -0.4 is 0 Å². The Bertz CT molecular complexity index is 955. The number of hydrogen-bond donors (Lipinski definition) is 0. The number of pyridine rings is 2. The number of furan rings is 1. The molecule has 3 aromatic heterocycles. The van der Waals surface area contributed by atoms with Crippen LogP contribution in [0.3, 0.4) is 0 Å². The van der Waals surface area contributed by atoms with Gasteiger partial charge in [-0.25, -0.2) is 4.98 Å². The molecule has 0 aliphatic rings. The number of fused-ring (bicyclic) bond motifs is 3. The van der Waals surface area contributed by atoms with Crippen LogP contribution in [0.1, 0.15) is 25.5 Å². The van der Waals surface area contributed by atoms with E-state index in [1.54, 1.807) is 6.20 Å². The van der Waals surface area contributed by atoms with Crippen molar-refractivity contribution < 1.29 is 4.42 Å². The number of nitrogens with zero attached hydrogens (tertiary/aromatic N) is 2. The fourth-order valence-electron chi connectivity index (χ4n) is 2.74. The Kier molecular flexibility index (Phi) is 2.93. The molecule has 0 aliphatic carbocycles. The zero-order chi connectivity index (χ0) is 15.1.